The van der Waals surface area contributed by atoms with Crippen LogP contribution in [0.15, 0.2) is 5.38 Å². The van der Waals surface area contributed by atoms with E-state index in [1.54, 1.807) is 11.3 Å². The molecular formula is C11H19NOS. The monoisotopic (exact) mass is 213 g/mol. The highest BCUT2D eigenvalue weighted by atomic mass is 32.1. The minimum atomic E-state index is -0.242. The quantitative estimate of drug-likeness (QED) is 0.837. The van der Waals surface area contributed by atoms with Crippen LogP contribution in [0.5, 0.6) is 0 Å². The SMILES string of the molecule is CCC(O)Cc1nc(C(C)(C)C)cs1. The Bertz CT molecular complexity index is 288. The van der Waals surface area contributed by atoms with E-state index < -0.39 is 0 Å². The average molecular weight is 213 g/mol. The van der Waals surface area contributed by atoms with E-state index in [2.05, 4.69) is 31.1 Å². The molecule has 0 aliphatic rings. The minimum Gasteiger partial charge on any atom is -0.393 e. The van der Waals surface area contributed by atoms with Crippen molar-refractivity contribution >= 4 is 11.3 Å². The van der Waals surface area contributed by atoms with Crippen molar-refractivity contribution in [2.45, 2.75) is 52.1 Å². The molecule has 0 saturated carbocycles. The van der Waals surface area contributed by atoms with Gasteiger partial charge < -0.3 is 5.11 Å². The molecule has 0 aliphatic carbocycles. The van der Waals surface area contributed by atoms with Gasteiger partial charge in [-0.3, -0.25) is 0 Å². The molecule has 80 valence electrons. The lowest BCUT2D eigenvalue weighted by atomic mass is 9.93. The predicted octanol–water partition coefficient (Wildman–Crippen LogP) is 2.75. The third kappa shape index (κ3) is 3.07. The van der Waals surface area contributed by atoms with E-state index >= 15 is 0 Å². The molecular weight excluding hydrogens is 194 g/mol. The van der Waals surface area contributed by atoms with Crippen molar-refractivity contribution in [3.8, 4) is 0 Å². The molecule has 1 aromatic rings. The fourth-order valence-electron chi connectivity index (χ4n) is 1.10. The maximum Gasteiger partial charge on any atom is 0.0954 e. The van der Waals surface area contributed by atoms with Gasteiger partial charge in [-0.15, -0.1) is 11.3 Å². The van der Waals surface area contributed by atoms with Gasteiger partial charge in [0.1, 0.15) is 0 Å². The first kappa shape index (κ1) is 11.7. The maximum absolute atomic E-state index is 9.49. The number of hydrogen-bond donors (Lipinski definition) is 1. The second-order valence-corrected chi connectivity index (χ2v) is 5.59. The van der Waals surface area contributed by atoms with Crippen LogP contribution in [0.3, 0.4) is 0 Å². The zero-order valence-corrected chi connectivity index (χ0v) is 10.2. The second kappa shape index (κ2) is 4.41. The van der Waals surface area contributed by atoms with Crippen molar-refractivity contribution in [1.29, 1.82) is 0 Å². The normalized spacial score (nSPS) is 14.4. The second-order valence-electron chi connectivity index (χ2n) is 4.64. The van der Waals surface area contributed by atoms with E-state index in [-0.39, 0.29) is 11.5 Å². The number of nitrogens with zero attached hydrogens (tertiary/aromatic N) is 1. The number of aliphatic hydroxyl groups is 1. The molecule has 3 heteroatoms. The molecule has 0 radical (unpaired) electrons. The Hall–Kier alpha value is -0.410. The minimum absolute atomic E-state index is 0.117. The van der Waals surface area contributed by atoms with Crippen LogP contribution in [0.4, 0.5) is 0 Å². The first-order chi connectivity index (χ1) is 6.43. The van der Waals surface area contributed by atoms with Crippen molar-refractivity contribution in [2.75, 3.05) is 0 Å². The van der Waals surface area contributed by atoms with Gasteiger partial charge in [0.15, 0.2) is 0 Å². The smallest absolute Gasteiger partial charge is 0.0954 e. The van der Waals surface area contributed by atoms with Crippen LogP contribution in [-0.4, -0.2) is 16.2 Å². The van der Waals surface area contributed by atoms with Crippen LogP contribution in [0, 0.1) is 0 Å². The van der Waals surface area contributed by atoms with E-state index in [0.29, 0.717) is 6.42 Å². The Balaban J connectivity index is 2.69. The number of rotatable bonds is 3. The third-order valence-corrected chi connectivity index (χ3v) is 3.07. The fraction of sp³-hybridized carbons (Fsp3) is 0.727. The topological polar surface area (TPSA) is 33.1 Å². The average Bonchev–Trinajstić information content (AvgIpc) is 2.51. The van der Waals surface area contributed by atoms with E-state index in [1.807, 2.05) is 6.92 Å². The van der Waals surface area contributed by atoms with Gasteiger partial charge >= 0.3 is 0 Å². The van der Waals surface area contributed by atoms with Gasteiger partial charge in [-0.2, -0.15) is 0 Å². The summed E-state index contributed by atoms with van der Waals surface area (Å²) in [7, 11) is 0. The van der Waals surface area contributed by atoms with Gasteiger partial charge in [0.05, 0.1) is 16.8 Å². The summed E-state index contributed by atoms with van der Waals surface area (Å²) in [4.78, 5) is 4.53. The standard InChI is InChI=1S/C11H19NOS/c1-5-8(13)6-10-12-9(7-14-10)11(2,3)4/h7-8,13H,5-6H2,1-4H3. The highest BCUT2D eigenvalue weighted by Gasteiger charge is 2.17. The first-order valence-electron chi connectivity index (χ1n) is 5.06. The van der Waals surface area contributed by atoms with Gasteiger partial charge in [-0.1, -0.05) is 27.7 Å². The van der Waals surface area contributed by atoms with Crippen molar-refractivity contribution in [3.05, 3.63) is 16.1 Å². The van der Waals surface area contributed by atoms with Gasteiger partial charge in [0.2, 0.25) is 0 Å². The van der Waals surface area contributed by atoms with Crippen LogP contribution >= 0.6 is 11.3 Å². The molecule has 0 spiro atoms. The Morgan fingerprint density at radius 3 is 2.57 bits per heavy atom. The Morgan fingerprint density at radius 2 is 2.14 bits per heavy atom. The highest BCUT2D eigenvalue weighted by Crippen LogP contribution is 2.24. The van der Waals surface area contributed by atoms with E-state index in [0.717, 1.165) is 17.1 Å². The van der Waals surface area contributed by atoms with Gasteiger partial charge in [0.25, 0.3) is 0 Å². The zero-order chi connectivity index (χ0) is 10.8. The summed E-state index contributed by atoms with van der Waals surface area (Å²) >= 11 is 1.65. The van der Waals surface area contributed by atoms with Crippen LogP contribution < -0.4 is 0 Å². The van der Waals surface area contributed by atoms with Gasteiger partial charge in [-0.05, 0) is 6.42 Å². The fourth-order valence-corrected chi connectivity index (χ4v) is 2.19. The van der Waals surface area contributed by atoms with E-state index in [4.69, 9.17) is 0 Å². The molecule has 1 N–H and O–H groups in total. The molecule has 0 fully saturated rings. The van der Waals surface area contributed by atoms with Crippen LogP contribution in [-0.2, 0) is 11.8 Å². The Morgan fingerprint density at radius 1 is 1.50 bits per heavy atom. The molecule has 1 aromatic heterocycles. The van der Waals surface area contributed by atoms with Crippen LogP contribution in [0.25, 0.3) is 0 Å². The van der Waals surface area contributed by atoms with E-state index in [1.165, 1.54) is 0 Å². The number of hydrogen-bond acceptors (Lipinski definition) is 3. The lowest BCUT2D eigenvalue weighted by Gasteiger charge is -2.14. The molecule has 1 rings (SSSR count). The molecule has 0 amide bonds. The number of aliphatic hydroxyl groups excluding tert-OH is 1. The summed E-state index contributed by atoms with van der Waals surface area (Å²) in [6.45, 7) is 8.45. The lowest BCUT2D eigenvalue weighted by Crippen LogP contribution is -2.13. The molecule has 0 aliphatic heterocycles. The van der Waals surface area contributed by atoms with Crippen molar-refractivity contribution < 1.29 is 5.11 Å². The summed E-state index contributed by atoms with van der Waals surface area (Å²) in [5, 5.41) is 12.6. The summed E-state index contributed by atoms with van der Waals surface area (Å²) < 4.78 is 0. The summed E-state index contributed by atoms with van der Waals surface area (Å²) in [5.74, 6) is 0. The number of thiazole rings is 1. The Kier molecular flexibility index (Phi) is 3.67. The van der Waals surface area contributed by atoms with Gasteiger partial charge in [0, 0.05) is 17.2 Å². The molecule has 2 nitrogen and oxygen atoms in total. The van der Waals surface area contributed by atoms with Crippen LogP contribution in [0.1, 0.15) is 44.8 Å². The predicted molar refractivity (Wildman–Crippen MR) is 60.8 cm³/mol. The van der Waals surface area contributed by atoms with Crippen molar-refractivity contribution in [3.63, 3.8) is 0 Å². The molecule has 1 unspecified atom stereocenters. The summed E-state index contributed by atoms with van der Waals surface area (Å²) in [6.07, 6.45) is 1.25. The molecule has 1 atom stereocenters. The largest absolute Gasteiger partial charge is 0.393 e. The van der Waals surface area contributed by atoms with Gasteiger partial charge in [-0.25, -0.2) is 4.98 Å². The molecule has 0 aromatic carbocycles. The highest BCUT2D eigenvalue weighted by molar-refractivity contribution is 7.09. The van der Waals surface area contributed by atoms with Crippen molar-refractivity contribution in [1.82, 2.24) is 4.98 Å². The summed E-state index contributed by atoms with van der Waals surface area (Å²) in [5.41, 5.74) is 1.24. The third-order valence-electron chi connectivity index (χ3n) is 2.20. The summed E-state index contributed by atoms with van der Waals surface area (Å²) in [6, 6.07) is 0. The lowest BCUT2D eigenvalue weighted by molar-refractivity contribution is 0.170. The molecule has 1 heterocycles. The molecule has 0 saturated heterocycles. The Labute approximate surface area is 90.0 Å². The van der Waals surface area contributed by atoms with Crippen molar-refractivity contribution in [2.24, 2.45) is 0 Å². The molecule has 0 bridgehead atoms. The molecule has 14 heavy (non-hydrogen) atoms. The number of aromatic nitrogens is 1. The first-order valence-corrected chi connectivity index (χ1v) is 5.94. The maximum atomic E-state index is 9.49. The van der Waals surface area contributed by atoms with E-state index in [9.17, 15) is 5.11 Å². The van der Waals surface area contributed by atoms with Crippen LogP contribution in [0.2, 0.25) is 0 Å². The zero-order valence-electron chi connectivity index (χ0n) is 9.37.